The number of hydrogen-bond donors (Lipinski definition) is 1. The molecule has 0 saturated carbocycles. The second kappa shape index (κ2) is 5.85. The van der Waals surface area contributed by atoms with Gasteiger partial charge >= 0.3 is 0 Å². The van der Waals surface area contributed by atoms with E-state index in [1.165, 1.54) is 12.1 Å². The average molecular weight is 329 g/mol. The average Bonchev–Trinajstić information content (AvgIpc) is 2.64. The minimum Gasteiger partial charge on any atom is -0.325 e. The SMILES string of the molecule is C[C@@H]1C=C(c2ccccc2Cl)c2cc([N+](=O)[O-])ccc2NC1=O. The Kier molecular flexibility index (Phi) is 3.88. The van der Waals surface area contributed by atoms with Crippen molar-refractivity contribution < 1.29 is 9.72 Å². The number of nitro groups is 1. The monoisotopic (exact) mass is 328 g/mol. The first kappa shape index (κ1) is 15.2. The molecular weight excluding hydrogens is 316 g/mol. The molecule has 1 atom stereocenters. The van der Waals surface area contributed by atoms with Gasteiger partial charge in [0.2, 0.25) is 5.91 Å². The first-order valence-electron chi connectivity index (χ1n) is 7.04. The van der Waals surface area contributed by atoms with Crippen molar-refractivity contribution in [2.75, 3.05) is 5.32 Å². The van der Waals surface area contributed by atoms with Crippen molar-refractivity contribution in [3.05, 3.63) is 74.8 Å². The predicted octanol–water partition coefficient (Wildman–Crippen LogP) is 4.27. The number of carbonyl (C=O) groups is 1. The third-order valence-electron chi connectivity index (χ3n) is 3.76. The van der Waals surface area contributed by atoms with E-state index in [2.05, 4.69) is 5.32 Å². The number of halogens is 1. The zero-order chi connectivity index (χ0) is 16.6. The number of anilines is 1. The molecule has 5 nitrogen and oxygen atoms in total. The number of rotatable bonds is 2. The minimum absolute atomic E-state index is 0.0366. The molecule has 6 heteroatoms. The van der Waals surface area contributed by atoms with Crippen molar-refractivity contribution >= 4 is 34.5 Å². The molecular formula is C17H13ClN2O3. The van der Waals surface area contributed by atoms with Gasteiger partial charge in [0.1, 0.15) is 0 Å². The number of nitro benzene ring substituents is 1. The number of nitrogens with zero attached hydrogens (tertiary/aromatic N) is 1. The zero-order valence-electron chi connectivity index (χ0n) is 12.2. The fraction of sp³-hybridized carbons (Fsp3) is 0.118. The van der Waals surface area contributed by atoms with Crippen LogP contribution < -0.4 is 5.32 Å². The van der Waals surface area contributed by atoms with Crippen LogP contribution in [-0.2, 0) is 4.79 Å². The lowest BCUT2D eigenvalue weighted by Gasteiger charge is -2.12. The van der Waals surface area contributed by atoms with Gasteiger partial charge in [-0.25, -0.2) is 0 Å². The van der Waals surface area contributed by atoms with Gasteiger partial charge in [-0.05, 0) is 17.7 Å². The lowest BCUT2D eigenvalue weighted by Crippen LogP contribution is -2.17. The highest BCUT2D eigenvalue weighted by Gasteiger charge is 2.24. The van der Waals surface area contributed by atoms with Crippen LogP contribution in [0.4, 0.5) is 11.4 Å². The Morgan fingerprint density at radius 2 is 1.91 bits per heavy atom. The summed E-state index contributed by atoms with van der Waals surface area (Å²) in [5.74, 6) is -0.546. The fourth-order valence-corrected chi connectivity index (χ4v) is 2.79. The van der Waals surface area contributed by atoms with Crippen molar-refractivity contribution in [1.82, 2.24) is 0 Å². The van der Waals surface area contributed by atoms with Crippen LogP contribution in [0.2, 0.25) is 5.02 Å². The number of carbonyl (C=O) groups excluding carboxylic acids is 1. The van der Waals surface area contributed by atoms with Crippen molar-refractivity contribution in [3.63, 3.8) is 0 Å². The Hall–Kier alpha value is -2.66. The number of amides is 1. The summed E-state index contributed by atoms with van der Waals surface area (Å²) in [6.45, 7) is 1.77. The molecule has 0 unspecified atom stereocenters. The van der Waals surface area contributed by atoms with Crippen LogP contribution in [0.25, 0.3) is 5.57 Å². The van der Waals surface area contributed by atoms with E-state index in [0.717, 1.165) is 5.56 Å². The second-order valence-corrected chi connectivity index (χ2v) is 5.73. The van der Waals surface area contributed by atoms with E-state index < -0.39 is 4.92 Å². The van der Waals surface area contributed by atoms with Gasteiger partial charge in [-0.3, -0.25) is 14.9 Å². The summed E-state index contributed by atoms with van der Waals surface area (Å²) in [5, 5.41) is 14.4. The Morgan fingerprint density at radius 1 is 1.17 bits per heavy atom. The maximum atomic E-state index is 12.1. The molecule has 0 spiro atoms. The van der Waals surface area contributed by atoms with E-state index in [1.807, 2.05) is 18.2 Å². The Bertz CT molecular complexity index is 845. The second-order valence-electron chi connectivity index (χ2n) is 5.33. The van der Waals surface area contributed by atoms with Gasteiger partial charge in [0.05, 0.1) is 10.8 Å². The molecule has 0 aliphatic carbocycles. The molecule has 23 heavy (non-hydrogen) atoms. The number of benzene rings is 2. The Morgan fingerprint density at radius 3 is 2.61 bits per heavy atom. The summed E-state index contributed by atoms with van der Waals surface area (Å²) in [4.78, 5) is 22.8. The summed E-state index contributed by atoms with van der Waals surface area (Å²) in [6, 6.07) is 11.6. The summed E-state index contributed by atoms with van der Waals surface area (Å²) in [7, 11) is 0. The van der Waals surface area contributed by atoms with Crippen LogP contribution in [0.3, 0.4) is 0 Å². The third-order valence-corrected chi connectivity index (χ3v) is 4.09. The number of fused-ring (bicyclic) bond motifs is 1. The summed E-state index contributed by atoms with van der Waals surface area (Å²) in [5.41, 5.74) is 2.53. The van der Waals surface area contributed by atoms with E-state index in [4.69, 9.17) is 11.6 Å². The molecule has 116 valence electrons. The molecule has 3 rings (SSSR count). The van der Waals surface area contributed by atoms with Crippen LogP contribution in [0.15, 0.2) is 48.5 Å². The molecule has 1 aliphatic heterocycles. The quantitative estimate of drug-likeness (QED) is 0.661. The van der Waals surface area contributed by atoms with Crippen LogP contribution in [0.5, 0.6) is 0 Å². The first-order chi connectivity index (χ1) is 11.0. The Balaban J connectivity index is 2.27. The largest absolute Gasteiger partial charge is 0.325 e. The summed E-state index contributed by atoms with van der Waals surface area (Å²) < 4.78 is 0. The lowest BCUT2D eigenvalue weighted by atomic mass is 9.94. The van der Waals surface area contributed by atoms with Crippen LogP contribution in [0, 0.1) is 16.0 Å². The molecule has 1 heterocycles. The topological polar surface area (TPSA) is 72.2 Å². The molecule has 0 bridgehead atoms. The van der Waals surface area contributed by atoms with Gasteiger partial charge in [-0.2, -0.15) is 0 Å². The minimum atomic E-state index is -0.458. The normalized spacial score (nSPS) is 16.9. The van der Waals surface area contributed by atoms with E-state index in [-0.39, 0.29) is 17.5 Å². The first-order valence-corrected chi connectivity index (χ1v) is 7.41. The van der Waals surface area contributed by atoms with Crippen molar-refractivity contribution in [2.45, 2.75) is 6.92 Å². The van der Waals surface area contributed by atoms with Crippen LogP contribution >= 0.6 is 11.6 Å². The predicted molar refractivity (Wildman–Crippen MR) is 89.4 cm³/mol. The highest BCUT2D eigenvalue weighted by atomic mass is 35.5. The maximum absolute atomic E-state index is 12.1. The third kappa shape index (κ3) is 2.83. The van der Waals surface area contributed by atoms with Crippen molar-refractivity contribution in [1.29, 1.82) is 0 Å². The highest BCUT2D eigenvalue weighted by Crippen LogP contribution is 2.38. The molecule has 1 amide bonds. The van der Waals surface area contributed by atoms with Crippen molar-refractivity contribution in [2.24, 2.45) is 5.92 Å². The van der Waals surface area contributed by atoms with E-state index in [9.17, 15) is 14.9 Å². The standard InChI is InChI=1S/C17H13ClN2O3/c1-10-8-13(12-4-2-3-5-15(12)18)14-9-11(20(22)23)6-7-16(14)19-17(10)21/h2-10H,1H3,(H,19,21)/t10-/m1/s1. The molecule has 0 saturated heterocycles. The lowest BCUT2D eigenvalue weighted by molar-refractivity contribution is -0.384. The van der Waals surface area contributed by atoms with Gasteiger partial charge in [0.25, 0.3) is 5.69 Å². The summed E-state index contributed by atoms with van der Waals surface area (Å²) >= 11 is 6.28. The zero-order valence-corrected chi connectivity index (χ0v) is 13.0. The van der Waals surface area contributed by atoms with E-state index in [1.54, 1.807) is 25.1 Å². The van der Waals surface area contributed by atoms with Gasteiger partial charge in [-0.1, -0.05) is 42.8 Å². The van der Waals surface area contributed by atoms with Gasteiger partial charge in [0.15, 0.2) is 0 Å². The molecule has 0 radical (unpaired) electrons. The maximum Gasteiger partial charge on any atom is 0.270 e. The molecule has 0 aromatic heterocycles. The number of hydrogen-bond acceptors (Lipinski definition) is 3. The smallest absolute Gasteiger partial charge is 0.270 e. The summed E-state index contributed by atoms with van der Waals surface area (Å²) in [6.07, 6.45) is 1.78. The van der Waals surface area contributed by atoms with Crippen molar-refractivity contribution in [3.8, 4) is 0 Å². The molecule has 2 aromatic rings. The highest BCUT2D eigenvalue weighted by molar-refractivity contribution is 6.32. The fourth-order valence-electron chi connectivity index (χ4n) is 2.55. The van der Waals surface area contributed by atoms with Gasteiger partial charge < -0.3 is 5.32 Å². The van der Waals surface area contributed by atoms with E-state index in [0.29, 0.717) is 21.8 Å². The molecule has 2 aromatic carbocycles. The molecule has 1 N–H and O–H groups in total. The van der Waals surface area contributed by atoms with E-state index >= 15 is 0 Å². The van der Waals surface area contributed by atoms with Crippen LogP contribution in [-0.4, -0.2) is 10.8 Å². The van der Waals surface area contributed by atoms with Crippen LogP contribution in [0.1, 0.15) is 18.1 Å². The molecule has 0 fully saturated rings. The van der Waals surface area contributed by atoms with Gasteiger partial charge in [-0.15, -0.1) is 0 Å². The van der Waals surface area contributed by atoms with Gasteiger partial charge in [0, 0.05) is 34.0 Å². The Labute approximate surface area is 137 Å². The number of nitrogens with one attached hydrogen (secondary N) is 1. The number of non-ortho nitro benzene ring substituents is 1. The molecule has 1 aliphatic rings.